The van der Waals surface area contributed by atoms with Gasteiger partial charge in [0.05, 0.1) is 36.6 Å². The Hall–Kier alpha value is 2.85. The van der Waals surface area contributed by atoms with Crippen LogP contribution in [-0.4, -0.2) is 169 Å². The Morgan fingerprint density at radius 3 is 0.927 bits per heavy atom. The number of hydrogen-bond acceptors (Lipinski definition) is 10. The molecule has 10 unspecified atom stereocenters. The molecule has 3 saturated heterocycles. The van der Waals surface area contributed by atoms with Crippen molar-refractivity contribution in [1.82, 2.24) is 0 Å². The molecule has 3 aliphatic heterocycles. The molecule has 6 aliphatic rings. The van der Waals surface area contributed by atoms with Crippen LogP contribution in [0, 0.1) is 17.8 Å². The average Bonchev–Trinajstić information content (AvgIpc) is 4.44. The Bertz CT molecular complexity index is 1880. The molecular weight excluding hydrogens is 1270 g/mol. The molecule has 0 radical (unpaired) electrons. The van der Waals surface area contributed by atoms with Gasteiger partial charge in [-0.1, -0.05) is 57.8 Å². The Balaban J connectivity index is 0.000000267. The van der Waals surface area contributed by atoms with Gasteiger partial charge in [0.2, 0.25) is 0 Å². The van der Waals surface area contributed by atoms with Crippen molar-refractivity contribution >= 4 is 132 Å². The van der Waals surface area contributed by atoms with E-state index in [2.05, 4.69) is 137 Å². The average molecular weight is 1410 g/mol. The molecule has 10 nitrogen and oxygen atoms in total. The third-order valence-electron chi connectivity index (χ3n) is 19.5. The fraction of sp³-hybridized carbons (Fsp3) is 1.00. The van der Waals surface area contributed by atoms with E-state index < -0.39 is 91.0 Å². The van der Waals surface area contributed by atoms with E-state index in [9.17, 15) is 0 Å². The second kappa shape index (κ2) is 32.6. The maximum atomic E-state index is 7.05. The maximum Gasteiger partial charge on any atom is 0.173 e. The highest BCUT2D eigenvalue weighted by molar-refractivity contribution is 7.20. The van der Waals surface area contributed by atoms with Gasteiger partial charge < -0.3 is 43.0 Å². The molecule has 10 atom stereocenters. The summed E-state index contributed by atoms with van der Waals surface area (Å²) in [5.74, 6) is 2.67. The van der Waals surface area contributed by atoms with Crippen LogP contribution in [0.2, 0.25) is 191 Å². The largest absolute Gasteiger partial charge is 0.464 e. The van der Waals surface area contributed by atoms with Crippen LogP contribution in [0.5, 0.6) is 0 Å². The van der Waals surface area contributed by atoms with E-state index in [0.717, 1.165) is 49.2 Å². The van der Waals surface area contributed by atoms with Crippen LogP contribution in [0.4, 0.5) is 0 Å². The second-order valence-corrected chi connectivity index (χ2v) is 93.7. The molecule has 6 fully saturated rings. The molecule has 82 heavy (non-hydrogen) atoms. The number of unbranched alkanes of at least 4 members (excludes halogenated alkanes) is 5. The highest BCUT2D eigenvalue weighted by Crippen LogP contribution is 2.45. The Morgan fingerprint density at radius 1 is 0.293 bits per heavy atom. The van der Waals surface area contributed by atoms with Crippen molar-refractivity contribution < 1.29 is 43.0 Å². The van der Waals surface area contributed by atoms with Crippen LogP contribution in [-0.2, 0) is 43.0 Å². The first-order chi connectivity index (χ1) is 37.5. The van der Waals surface area contributed by atoms with Crippen molar-refractivity contribution in [2.45, 2.75) is 343 Å². The molecular formula is C57H138O10Si15. The van der Waals surface area contributed by atoms with Gasteiger partial charge in [0.15, 0.2) is 91.0 Å². The first-order valence-corrected chi connectivity index (χ1v) is 73.6. The number of rotatable bonds is 36. The summed E-state index contributed by atoms with van der Waals surface area (Å²) in [6.45, 7) is 50.9. The second-order valence-electron chi connectivity index (χ2n) is 34.1. The van der Waals surface area contributed by atoms with Crippen molar-refractivity contribution in [3.05, 3.63) is 0 Å². The van der Waals surface area contributed by atoms with E-state index in [1.807, 2.05) is 0 Å². The molecule has 3 heterocycles. The van der Waals surface area contributed by atoms with Gasteiger partial charge in [-0.15, -0.1) is 0 Å². The summed E-state index contributed by atoms with van der Waals surface area (Å²) in [4.78, 5) is 0. The molecule has 6 rings (SSSR count). The van der Waals surface area contributed by atoms with Gasteiger partial charge in [0.25, 0.3) is 0 Å². The molecule has 3 aliphatic carbocycles. The molecule has 0 aromatic carbocycles. The Morgan fingerprint density at radius 2 is 0.573 bits per heavy atom. The van der Waals surface area contributed by atoms with E-state index in [1.165, 1.54) is 179 Å². The summed E-state index contributed by atoms with van der Waals surface area (Å²) in [5, 5.41) is 0. The normalized spacial score (nSPS) is 27.1. The summed E-state index contributed by atoms with van der Waals surface area (Å²) in [6, 6.07) is 9.20. The quantitative estimate of drug-likeness (QED) is 0.0342. The fourth-order valence-electron chi connectivity index (χ4n) is 15.0. The van der Waals surface area contributed by atoms with Gasteiger partial charge in [0.1, 0.15) is 31.5 Å². The molecule has 0 bridgehead atoms. The van der Waals surface area contributed by atoms with Crippen molar-refractivity contribution in [3.8, 4) is 0 Å². The van der Waals surface area contributed by atoms with E-state index in [0.29, 0.717) is 36.6 Å². The van der Waals surface area contributed by atoms with E-state index in [1.54, 1.807) is 0 Å². The predicted octanol–water partition coefficient (Wildman–Crippen LogP) is 13.7. The zero-order valence-electron chi connectivity index (χ0n) is 58.9. The monoisotopic (exact) mass is 1400 g/mol. The molecule has 0 aromatic rings. The topological polar surface area (TPSA) is 102 Å². The number of fused-ring (bicyclic) bond motifs is 3. The first-order valence-electron chi connectivity index (χ1n) is 33.9. The van der Waals surface area contributed by atoms with Crippen molar-refractivity contribution in [2.24, 2.45) is 17.8 Å². The molecule has 486 valence electrons. The Labute approximate surface area is 532 Å². The SMILES string of the molecule is C[Si](C)(CCCCCCCC[Si](C)(C)O[Si](C)(C)CCC1CCC2OC2C1)O[SiH3].C[Si](C)(CC[Si](C)(C)O[Si](C)(C)CCC1CCC2OC2C1)O[SiH3].C[Si](C)(C[Si](C)(C)O[Si](C)([SiH3])C[Si](C)(C)O[Si](C)(C)CCC1CCC2OC2C1)O[SiH3]. The van der Waals surface area contributed by atoms with Crippen LogP contribution >= 0.6 is 0 Å². The molecule has 0 spiro atoms. The summed E-state index contributed by atoms with van der Waals surface area (Å²) >= 11 is 0. The number of hydrogen-bond donors (Lipinski definition) is 0. The molecule has 0 amide bonds. The zero-order valence-corrected chi connectivity index (χ0v) is 77.9. The van der Waals surface area contributed by atoms with E-state index in [4.69, 9.17) is 43.0 Å². The minimum atomic E-state index is -1.72. The zero-order chi connectivity index (χ0) is 61.9. The molecule has 0 aromatic heterocycles. The van der Waals surface area contributed by atoms with Gasteiger partial charge in [0, 0.05) is 9.76 Å². The fourth-order valence-corrected chi connectivity index (χ4v) is 86.7. The standard InChI is InChI=1S/C22H50O3Si4.C19H50O4Si7.C16H38O3Si4/c1-27(2,24-26)16-11-9-7-8-10-12-17-28(3,4)25-29(5,6)18-15-20-13-14-21-22(19-20)23-21;1-26(2,13-12-17-10-11-18-19(14-17)20-18)22-29(7,8)16-30(9,25)23-28(5,6)15-27(3,4)21-24;1-21(2,18-20)11-12-23(5,6)19-22(3,4)10-9-14-7-8-15-16(13-14)17-15/h20-22H,7-19H2,1-6,26H3;17-19H,10-16H2,1-9,24-25H3;14-16H,7-13H2,1-6,20H3. The summed E-state index contributed by atoms with van der Waals surface area (Å²) in [6.07, 6.45) is 28.2. The third-order valence-corrected chi connectivity index (χ3v) is 80.1. The summed E-state index contributed by atoms with van der Waals surface area (Å²) in [5.41, 5.74) is 2.49. The molecule has 25 heteroatoms. The minimum absolute atomic E-state index is 0.607. The first kappa shape index (κ1) is 77.3. The minimum Gasteiger partial charge on any atom is -0.464 e. The third kappa shape index (κ3) is 32.4. The molecule has 0 N–H and O–H groups in total. The smallest absolute Gasteiger partial charge is 0.173 e. The molecule has 3 saturated carbocycles. The lowest BCUT2D eigenvalue weighted by atomic mass is 9.88. The van der Waals surface area contributed by atoms with Crippen molar-refractivity contribution in [1.29, 1.82) is 0 Å². The Kier molecular flexibility index (Phi) is 30.7. The number of epoxide rings is 3. The number of ether oxygens (including phenoxy) is 3. The van der Waals surface area contributed by atoms with Gasteiger partial charge in [-0.2, -0.15) is 0 Å². The summed E-state index contributed by atoms with van der Waals surface area (Å²) < 4.78 is 62.5. The van der Waals surface area contributed by atoms with Crippen LogP contribution in [0.25, 0.3) is 0 Å². The van der Waals surface area contributed by atoms with Gasteiger partial charge in [-0.25, -0.2) is 0 Å². The lowest BCUT2D eigenvalue weighted by Crippen LogP contribution is -2.56. The lowest BCUT2D eigenvalue weighted by molar-refractivity contribution is 0.354. The van der Waals surface area contributed by atoms with Crippen molar-refractivity contribution in [2.75, 3.05) is 0 Å². The predicted molar refractivity (Wildman–Crippen MR) is 397 cm³/mol. The van der Waals surface area contributed by atoms with E-state index >= 15 is 0 Å². The van der Waals surface area contributed by atoms with Crippen LogP contribution in [0.3, 0.4) is 0 Å². The van der Waals surface area contributed by atoms with Crippen molar-refractivity contribution in [3.63, 3.8) is 0 Å². The van der Waals surface area contributed by atoms with Gasteiger partial charge in [-0.3, -0.25) is 0 Å². The van der Waals surface area contributed by atoms with E-state index in [-0.39, 0.29) is 0 Å². The highest BCUT2D eigenvalue weighted by Gasteiger charge is 2.48. The van der Waals surface area contributed by atoms with Gasteiger partial charge >= 0.3 is 0 Å². The summed E-state index contributed by atoms with van der Waals surface area (Å²) in [7, 11) is -13.1. The van der Waals surface area contributed by atoms with Gasteiger partial charge in [-0.05, 0) is 267 Å². The lowest BCUT2D eigenvalue weighted by Gasteiger charge is -2.42. The van der Waals surface area contributed by atoms with Crippen LogP contribution in [0.1, 0.15) is 116 Å². The van der Waals surface area contributed by atoms with Crippen LogP contribution in [0.15, 0.2) is 0 Å². The van der Waals surface area contributed by atoms with Crippen LogP contribution < -0.4 is 0 Å². The highest BCUT2D eigenvalue weighted by atomic mass is 29.2. The maximum absolute atomic E-state index is 7.05.